The first-order chi connectivity index (χ1) is 16.4. The third kappa shape index (κ3) is 7.11. The normalized spacial score (nSPS) is 13.2. The molecule has 35 heavy (non-hydrogen) atoms. The first-order valence-corrected chi connectivity index (χ1v) is 11.7. The van der Waals surface area contributed by atoms with Crippen molar-refractivity contribution in [1.29, 1.82) is 0 Å². The second-order valence-corrected chi connectivity index (χ2v) is 9.19. The Kier molecular flexibility index (Phi) is 8.27. The maximum Gasteiger partial charge on any atom is 0.389 e. The Morgan fingerprint density at radius 2 is 1.86 bits per heavy atom. The predicted octanol–water partition coefficient (Wildman–Crippen LogP) is 4.37. The highest BCUT2D eigenvalue weighted by molar-refractivity contribution is 7.16. The van der Waals surface area contributed by atoms with Gasteiger partial charge in [0, 0.05) is 23.6 Å². The molecule has 2 N–H and O–H groups in total. The lowest BCUT2D eigenvalue weighted by molar-refractivity contribution is -0.137. The van der Waals surface area contributed by atoms with Crippen molar-refractivity contribution in [2.24, 2.45) is 0 Å². The fourth-order valence-corrected chi connectivity index (χ4v) is 4.33. The van der Waals surface area contributed by atoms with E-state index >= 15 is 0 Å². The van der Waals surface area contributed by atoms with Crippen LogP contribution in [-0.4, -0.2) is 45.8 Å². The van der Waals surface area contributed by atoms with Gasteiger partial charge < -0.3 is 10.6 Å². The third-order valence-corrected chi connectivity index (χ3v) is 6.44. The van der Waals surface area contributed by atoms with Crippen LogP contribution < -0.4 is 10.6 Å². The third-order valence-electron chi connectivity index (χ3n) is 4.62. The second kappa shape index (κ2) is 11.0. The molecule has 2 aromatic heterocycles. The number of nitrogens with one attached hydrogen (secondary N) is 2. The number of alkyl halides is 3. The summed E-state index contributed by atoms with van der Waals surface area (Å²) >= 11 is 1.67. The van der Waals surface area contributed by atoms with Gasteiger partial charge in [-0.15, -0.1) is 22.7 Å². The maximum absolute atomic E-state index is 14.0. The van der Waals surface area contributed by atoms with Crippen LogP contribution >= 0.6 is 22.7 Å². The van der Waals surface area contributed by atoms with Gasteiger partial charge in [0.05, 0.1) is 12.2 Å². The van der Waals surface area contributed by atoms with Gasteiger partial charge in [-0.3, -0.25) is 14.4 Å². The van der Waals surface area contributed by atoms with Gasteiger partial charge in [0.25, 0.3) is 5.91 Å². The minimum atomic E-state index is -4.54. The summed E-state index contributed by atoms with van der Waals surface area (Å²) < 4.78 is 65.5. The number of hydrogen-bond donors (Lipinski definition) is 2. The van der Waals surface area contributed by atoms with Crippen molar-refractivity contribution in [3.63, 3.8) is 0 Å². The Bertz CT molecular complexity index is 1210. The summed E-state index contributed by atoms with van der Waals surface area (Å²) in [4.78, 5) is 45.2. The zero-order valence-electron chi connectivity index (χ0n) is 17.9. The molecule has 14 heteroatoms. The molecule has 0 aliphatic heterocycles. The molecule has 3 rings (SSSR count). The van der Waals surface area contributed by atoms with Crippen LogP contribution in [0.5, 0.6) is 0 Å². The molecule has 0 aliphatic carbocycles. The molecule has 3 aromatic rings. The van der Waals surface area contributed by atoms with Crippen LogP contribution in [0.4, 0.5) is 22.0 Å². The van der Waals surface area contributed by atoms with Crippen molar-refractivity contribution < 1.29 is 36.3 Å². The fraction of sp³-hybridized carbons (Fsp3) is 0.286. The lowest BCUT2D eigenvalue weighted by Gasteiger charge is -2.20. The molecule has 0 saturated heterocycles. The zero-order valence-corrected chi connectivity index (χ0v) is 19.5. The summed E-state index contributed by atoms with van der Waals surface area (Å²) in [5.41, 5.74) is -0.145. The van der Waals surface area contributed by atoms with Crippen LogP contribution in [0.1, 0.15) is 39.2 Å². The molecule has 0 fully saturated rings. The average Bonchev–Trinajstić information content (AvgIpc) is 3.49. The summed E-state index contributed by atoms with van der Waals surface area (Å²) in [6.07, 6.45) is -4.14. The zero-order chi connectivity index (χ0) is 25.8. The largest absolute Gasteiger partial charge is 0.389 e. The summed E-state index contributed by atoms with van der Waals surface area (Å²) in [6.45, 7) is 1.27. The van der Waals surface area contributed by atoms with Gasteiger partial charge in [0.15, 0.2) is 5.01 Å². The van der Waals surface area contributed by atoms with E-state index in [1.165, 1.54) is 18.5 Å². The molecular weight excluding hydrogens is 515 g/mol. The number of Topliss-reactive ketones (excluding diaryl/α,β-unsaturated/α-hetero) is 1. The minimum Gasteiger partial charge on any atom is -0.344 e. The number of hydrogen-bond acceptors (Lipinski definition) is 7. The van der Waals surface area contributed by atoms with Crippen LogP contribution in [0.15, 0.2) is 36.0 Å². The van der Waals surface area contributed by atoms with Gasteiger partial charge in [0.2, 0.25) is 11.7 Å². The van der Waals surface area contributed by atoms with Crippen LogP contribution in [0, 0.1) is 11.6 Å². The van der Waals surface area contributed by atoms with Crippen LogP contribution in [0.3, 0.4) is 0 Å². The molecule has 2 heterocycles. The van der Waals surface area contributed by atoms with E-state index in [2.05, 4.69) is 20.6 Å². The Morgan fingerprint density at radius 1 is 1.11 bits per heavy atom. The van der Waals surface area contributed by atoms with Crippen molar-refractivity contribution in [3.05, 3.63) is 57.5 Å². The molecule has 1 aromatic carbocycles. The highest BCUT2D eigenvalue weighted by Gasteiger charge is 2.33. The molecule has 2 atom stereocenters. The molecule has 0 radical (unpaired) electrons. The van der Waals surface area contributed by atoms with E-state index in [-0.39, 0.29) is 20.5 Å². The molecule has 2 amide bonds. The molecule has 0 bridgehead atoms. The minimum absolute atomic E-state index is 0.0178. The number of carbonyl (C=O) groups excluding carboxylic acids is 3. The van der Waals surface area contributed by atoms with Crippen molar-refractivity contribution in [1.82, 2.24) is 20.6 Å². The van der Waals surface area contributed by atoms with Crippen molar-refractivity contribution in [2.75, 3.05) is 0 Å². The van der Waals surface area contributed by atoms with Gasteiger partial charge >= 0.3 is 6.18 Å². The highest BCUT2D eigenvalue weighted by Crippen LogP contribution is 2.28. The standard InChI is InChI=1S/C21H17F5N4O3S2/c1-10(17(32)30-14(4-5-21(24,25)26)16(31)20-27-6-7-34-20)29-18(33)15-9-28-19(35-15)12-8-11(22)2-3-13(12)23/h2-3,6-10,14H,4-5H2,1H3,(H,29,33)(H,30,32)/t10-,14-/m0/s1. The monoisotopic (exact) mass is 532 g/mol. The SMILES string of the molecule is C[C@H](NC(=O)c1cnc(-c2cc(F)ccc2F)s1)C(=O)N[C@@H](CCC(F)(F)F)C(=O)c1nccs1. The smallest absolute Gasteiger partial charge is 0.344 e. The van der Waals surface area contributed by atoms with E-state index in [4.69, 9.17) is 0 Å². The van der Waals surface area contributed by atoms with Gasteiger partial charge in [-0.25, -0.2) is 18.7 Å². The number of halogens is 5. The predicted molar refractivity (Wildman–Crippen MR) is 118 cm³/mol. The Labute approximate surface area is 203 Å². The van der Waals surface area contributed by atoms with Crippen LogP contribution in [-0.2, 0) is 4.79 Å². The summed E-state index contributed by atoms with van der Waals surface area (Å²) in [5.74, 6) is -3.88. The van der Waals surface area contributed by atoms with E-state index in [1.54, 1.807) is 0 Å². The second-order valence-electron chi connectivity index (χ2n) is 7.27. The number of rotatable bonds is 9. The number of ketones is 1. The van der Waals surface area contributed by atoms with Gasteiger partial charge in [-0.2, -0.15) is 13.2 Å². The van der Waals surface area contributed by atoms with E-state index in [9.17, 15) is 36.3 Å². The highest BCUT2D eigenvalue weighted by atomic mass is 32.1. The number of amides is 2. The number of carbonyl (C=O) groups is 3. The summed E-state index contributed by atoms with van der Waals surface area (Å²) in [5, 5.41) is 6.03. The molecule has 7 nitrogen and oxygen atoms in total. The Balaban J connectivity index is 1.66. The van der Waals surface area contributed by atoms with Crippen LogP contribution in [0.2, 0.25) is 0 Å². The lowest BCUT2D eigenvalue weighted by Crippen LogP contribution is -2.50. The number of aromatic nitrogens is 2. The maximum atomic E-state index is 14.0. The van der Waals surface area contributed by atoms with Crippen molar-refractivity contribution >= 4 is 40.3 Å². The van der Waals surface area contributed by atoms with E-state index < -0.39 is 60.3 Å². The van der Waals surface area contributed by atoms with Gasteiger partial charge in [-0.1, -0.05) is 0 Å². The average molecular weight is 533 g/mol. The molecule has 0 aliphatic rings. The van der Waals surface area contributed by atoms with Crippen LogP contribution in [0.25, 0.3) is 10.6 Å². The van der Waals surface area contributed by atoms with Crippen molar-refractivity contribution in [2.45, 2.75) is 38.0 Å². The molecule has 0 unspecified atom stereocenters. The summed E-state index contributed by atoms with van der Waals surface area (Å²) in [6, 6.07) is 0.0334. The van der Waals surface area contributed by atoms with Crippen molar-refractivity contribution in [3.8, 4) is 10.6 Å². The van der Waals surface area contributed by atoms with Gasteiger partial charge in [-0.05, 0) is 31.5 Å². The quantitative estimate of drug-likeness (QED) is 0.315. The molecular formula is C21H17F5N4O3S2. The van der Waals surface area contributed by atoms with Gasteiger partial charge in [0.1, 0.15) is 27.6 Å². The molecule has 0 saturated carbocycles. The summed E-state index contributed by atoms with van der Waals surface area (Å²) in [7, 11) is 0. The topological polar surface area (TPSA) is 101 Å². The Morgan fingerprint density at radius 3 is 2.51 bits per heavy atom. The van der Waals surface area contributed by atoms with E-state index in [0.29, 0.717) is 0 Å². The number of benzene rings is 1. The Hall–Kier alpha value is -3.26. The first kappa shape index (κ1) is 26.3. The van der Waals surface area contributed by atoms with E-state index in [0.717, 1.165) is 47.1 Å². The first-order valence-electron chi connectivity index (χ1n) is 9.97. The lowest BCUT2D eigenvalue weighted by atomic mass is 10.1. The molecule has 0 spiro atoms. The number of nitrogens with zero attached hydrogens (tertiary/aromatic N) is 2. The molecule has 186 valence electrons. The van der Waals surface area contributed by atoms with E-state index in [1.807, 2.05) is 0 Å². The fourth-order valence-electron chi connectivity index (χ4n) is 2.87. The number of thiazole rings is 2.